The molecule has 0 atom stereocenters. The summed E-state index contributed by atoms with van der Waals surface area (Å²) in [5, 5.41) is 7.09. The molecule has 0 saturated carbocycles. The Morgan fingerprint density at radius 1 is 1.26 bits per heavy atom. The van der Waals surface area contributed by atoms with Crippen molar-refractivity contribution < 1.29 is 14.3 Å². The lowest BCUT2D eigenvalue weighted by molar-refractivity contribution is -0.134. The van der Waals surface area contributed by atoms with Crippen LogP contribution in [0.4, 0.5) is 5.13 Å². The number of nitrogens with one attached hydrogen (secondary N) is 1. The van der Waals surface area contributed by atoms with Crippen LogP contribution in [0.15, 0.2) is 22.9 Å². The summed E-state index contributed by atoms with van der Waals surface area (Å²) in [6.07, 6.45) is 0.608. The molecule has 1 aliphatic heterocycles. The van der Waals surface area contributed by atoms with Gasteiger partial charge in [0.15, 0.2) is 5.13 Å². The molecule has 1 fully saturated rings. The van der Waals surface area contributed by atoms with Crippen LogP contribution in [0.5, 0.6) is 0 Å². The average molecular weight is 351 g/mol. The van der Waals surface area contributed by atoms with Crippen LogP contribution in [0.1, 0.15) is 10.6 Å². The number of thiazole rings is 1. The number of carbonyl (C=O) groups excluding carboxylic acids is 2. The van der Waals surface area contributed by atoms with Crippen LogP contribution < -0.4 is 5.32 Å². The molecule has 2 aromatic heterocycles. The normalized spacial score (nSPS) is 14.7. The summed E-state index contributed by atoms with van der Waals surface area (Å²) in [5.41, 5.74) is 0.693. The Balaban J connectivity index is 1.51. The maximum Gasteiger partial charge on any atom is 0.231 e. The lowest BCUT2D eigenvalue weighted by Gasteiger charge is -2.26. The van der Waals surface area contributed by atoms with Gasteiger partial charge in [-0.25, -0.2) is 4.98 Å². The Labute approximate surface area is 142 Å². The molecule has 1 aliphatic rings. The first-order valence-corrected chi connectivity index (χ1v) is 9.09. The molecule has 23 heavy (non-hydrogen) atoms. The topological polar surface area (TPSA) is 71.5 Å². The second-order valence-electron chi connectivity index (χ2n) is 5.12. The van der Waals surface area contributed by atoms with E-state index in [0.29, 0.717) is 43.5 Å². The third-order valence-electron chi connectivity index (χ3n) is 3.41. The highest BCUT2D eigenvalue weighted by Crippen LogP contribution is 2.18. The molecule has 0 aliphatic carbocycles. The van der Waals surface area contributed by atoms with Gasteiger partial charge in [0.25, 0.3) is 0 Å². The molecular formula is C15H17N3O3S2. The van der Waals surface area contributed by atoms with Gasteiger partial charge in [-0.1, -0.05) is 6.07 Å². The third kappa shape index (κ3) is 4.60. The molecule has 1 N–H and O–H groups in total. The van der Waals surface area contributed by atoms with Crippen molar-refractivity contribution in [1.29, 1.82) is 0 Å². The lowest BCUT2D eigenvalue weighted by Crippen LogP contribution is -2.41. The number of carbonyl (C=O) groups is 2. The smallest absolute Gasteiger partial charge is 0.231 e. The van der Waals surface area contributed by atoms with Gasteiger partial charge in [-0.2, -0.15) is 0 Å². The van der Waals surface area contributed by atoms with Gasteiger partial charge in [0.1, 0.15) is 0 Å². The van der Waals surface area contributed by atoms with Crippen molar-refractivity contribution in [3.8, 4) is 0 Å². The van der Waals surface area contributed by atoms with Gasteiger partial charge in [-0.05, 0) is 11.4 Å². The maximum absolute atomic E-state index is 12.2. The highest BCUT2D eigenvalue weighted by molar-refractivity contribution is 7.14. The number of rotatable bonds is 5. The molecule has 122 valence electrons. The van der Waals surface area contributed by atoms with Crippen molar-refractivity contribution in [2.24, 2.45) is 0 Å². The molecule has 8 heteroatoms. The van der Waals surface area contributed by atoms with Gasteiger partial charge >= 0.3 is 0 Å². The first kappa shape index (κ1) is 16.1. The Morgan fingerprint density at radius 3 is 2.83 bits per heavy atom. The molecule has 3 rings (SSSR count). The van der Waals surface area contributed by atoms with E-state index in [1.54, 1.807) is 16.2 Å². The second-order valence-corrected chi connectivity index (χ2v) is 7.01. The van der Waals surface area contributed by atoms with Crippen molar-refractivity contribution in [1.82, 2.24) is 9.88 Å². The largest absolute Gasteiger partial charge is 0.378 e. The van der Waals surface area contributed by atoms with Crippen LogP contribution in [0.2, 0.25) is 0 Å². The molecular weight excluding hydrogens is 334 g/mol. The molecule has 1 saturated heterocycles. The van der Waals surface area contributed by atoms with Crippen molar-refractivity contribution in [3.63, 3.8) is 0 Å². The summed E-state index contributed by atoms with van der Waals surface area (Å²) in [6.45, 7) is 2.44. The Bertz CT molecular complexity index is 663. The first-order valence-electron chi connectivity index (χ1n) is 7.33. The maximum atomic E-state index is 12.2. The Hall–Kier alpha value is -1.77. The fraction of sp³-hybridized carbons (Fsp3) is 0.400. The first-order chi connectivity index (χ1) is 11.2. The van der Waals surface area contributed by atoms with Gasteiger partial charge in [-0.3, -0.25) is 9.59 Å². The molecule has 0 aromatic carbocycles. The summed E-state index contributed by atoms with van der Waals surface area (Å²) in [7, 11) is 0. The van der Waals surface area contributed by atoms with E-state index in [0.717, 1.165) is 4.88 Å². The van der Waals surface area contributed by atoms with Gasteiger partial charge in [-0.15, -0.1) is 22.7 Å². The van der Waals surface area contributed by atoms with Gasteiger partial charge in [0, 0.05) is 23.3 Å². The number of hydrogen-bond acceptors (Lipinski definition) is 6. The van der Waals surface area contributed by atoms with Crippen molar-refractivity contribution in [2.45, 2.75) is 12.8 Å². The van der Waals surface area contributed by atoms with E-state index in [1.165, 1.54) is 11.3 Å². The predicted molar refractivity (Wildman–Crippen MR) is 89.9 cm³/mol. The average Bonchev–Trinajstić information content (AvgIpc) is 3.20. The zero-order valence-corrected chi connectivity index (χ0v) is 14.1. The molecule has 2 aromatic rings. The molecule has 0 bridgehead atoms. The summed E-state index contributed by atoms with van der Waals surface area (Å²) in [4.78, 5) is 31.2. The van der Waals surface area contributed by atoms with Gasteiger partial charge < -0.3 is 15.0 Å². The van der Waals surface area contributed by atoms with Gasteiger partial charge in [0.05, 0.1) is 31.7 Å². The number of amides is 2. The molecule has 0 unspecified atom stereocenters. The minimum atomic E-state index is -0.0899. The molecule has 0 spiro atoms. The molecule has 2 amide bonds. The summed E-state index contributed by atoms with van der Waals surface area (Å²) in [6, 6.07) is 3.85. The van der Waals surface area contributed by atoms with Crippen molar-refractivity contribution in [3.05, 3.63) is 33.5 Å². The quantitative estimate of drug-likeness (QED) is 0.891. The van der Waals surface area contributed by atoms with E-state index < -0.39 is 0 Å². The second kappa shape index (κ2) is 7.67. The number of hydrogen-bond donors (Lipinski definition) is 1. The van der Waals surface area contributed by atoms with Crippen LogP contribution in [0.3, 0.4) is 0 Å². The zero-order chi connectivity index (χ0) is 16.1. The third-order valence-corrected chi connectivity index (χ3v) is 5.09. The SMILES string of the molecule is O=C(Cc1cccs1)Nc1nc(CC(=O)N2CCOCC2)cs1. The molecule has 3 heterocycles. The number of anilines is 1. The summed E-state index contributed by atoms with van der Waals surface area (Å²) >= 11 is 2.90. The Morgan fingerprint density at radius 2 is 2.09 bits per heavy atom. The summed E-state index contributed by atoms with van der Waals surface area (Å²) in [5.74, 6) is -0.0390. The van der Waals surface area contributed by atoms with Crippen LogP contribution in [0, 0.1) is 0 Å². The van der Waals surface area contributed by atoms with Crippen molar-refractivity contribution >= 4 is 39.6 Å². The zero-order valence-electron chi connectivity index (χ0n) is 12.5. The van der Waals surface area contributed by atoms with Gasteiger partial charge in [0.2, 0.25) is 11.8 Å². The van der Waals surface area contributed by atoms with E-state index >= 15 is 0 Å². The highest BCUT2D eigenvalue weighted by atomic mass is 32.1. The van der Waals surface area contributed by atoms with E-state index in [2.05, 4.69) is 10.3 Å². The standard InChI is InChI=1S/C15H17N3O3S2/c19-13(9-12-2-1-7-22-12)17-15-16-11(10-23-15)8-14(20)18-3-5-21-6-4-18/h1-2,7,10H,3-6,8-9H2,(H,16,17,19). The predicted octanol–water partition coefficient (Wildman–Crippen LogP) is 1.79. The van der Waals surface area contributed by atoms with Crippen LogP contribution in [-0.4, -0.2) is 48.0 Å². The molecule has 0 radical (unpaired) electrons. The van der Waals surface area contributed by atoms with E-state index in [9.17, 15) is 9.59 Å². The van der Waals surface area contributed by atoms with E-state index in [4.69, 9.17) is 4.74 Å². The fourth-order valence-electron chi connectivity index (χ4n) is 2.26. The fourth-order valence-corrected chi connectivity index (χ4v) is 3.69. The number of thiophene rings is 1. The minimum absolute atomic E-state index is 0.0510. The monoisotopic (exact) mass is 351 g/mol. The van der Waals surface area contributed by atoms with Crippen LogP contribution in [-0.2, 0) is 27.2 Å². The molecule has 6 nitrogen and oxygen atoms in total. The summed E-state index contributed by atoms with van der Waals surface area (Å²) < 4.78 is 5.24. The Kier molecular flexibility index (Phi) is 5.37. The highest BCUT2D eigenvalue weighted by Gasteiger charge is 2.18. The van der Waals surface area contributed by atoms with Crippen LogP contribution >= 0.6 is 22.7 Å². The number of morpholine rings is 1. The van der Waals surface area contributed by atoms with Crippen LogP contribution in [0.25, 0.3) is 0 Å². The van der Waals surface area contributed by atoms with E-state index in [1.807, 2.05) is 22.9 Å². The lowest BCUT2D eigenvalue weighted by atomic mass is 10.3. The van der Waals surface area contributed by atoms with E-state index in [-0.39, 0.29) is 18.2 Å². The minimum Gasteiger partial charge on any atom is -0.378 e. The number of nitrogens with zero attached hydrogens (tertiary/aromatic N) is 2. The number of aromatic nitrogens is 1. The number of ether oxygens (including phenoxy) is 1. The van der Waals surface area contributed by atoms with Crippen molar-refractivity contribution in [2.75, 3.05) is 31.6 Å².